The van der Waals surface area contributed by atoms with Gasteiger partial charge < -0.3 is 9.47 Å². The van der Waals surface area contributed by atoms with Crippen LogP contribution in [0.25, 0.3) is 0 Å². The topological polar surface area (TPSA) is 31.4 Å². The van der Waals surface area contributed by atoms with E-state index in [1.807, 2.05) is 29.6 Å². The van der Waals surface area contributed by atoms with E-state index in [2.05, 4.69) is 4.98 Å². The van der Waals surface area contributed by atoms with Crippen LogP contribution in [-0.2, 0) is 12.3 Å². The van der Waals surface area contributed by atoms with Gasteiger partial charge >= 0.3 is 0 Å². The van der Waals surface area contributed by atoms with E-state index in [-0.39, 0.29) is 0 Å². The fourth-order valence-electron chi connectivity index (χ4n) is 1.51. The molecule has 1 aromatic carbocycles. The van der Waals surface area contributed by atoms with Gasteiger partial charge in [-0.3, -0.25) is 0 Å². The first-order chi connectivity index (χ1) is 8.83. The first kappa shape index (κ1) is 13.2. The highest BCUT2D eigenvalue weighted by molar-refractivity contribution is 7.09. The van der Waals surface area contributed by atoms with Gasteiger partial charge in [-0.25, -0.2) is 4.98 Å². The van der Waals surface area contributed by atoms with Crippen molar-refractivity contribution in [3.8, 4) is 11.5 Å². The molecular formula is C13H14ClNO2S. The molecule has 0 aliphatic rings. The van der Waals surface area contributed by atoms with Gasteiger partial charge in [0.25, 0.3) is 0 Å². The Hall–Kier alpha value is -1.26. The van der Waals surface area contributed by atoms with Crippen molar-refractivity contribution in [2.75, 3.05) is 13.7 Å². The first-order valence-corrected chi connectivity index (χ1v) is 7.00. The molecule has 0 spiro atoms. The van der Waals surface area contributed by atoms with Crippen LogP contribution in [0.1, 0.15) is 10.7 Å². The summed E-state index contributed by atoms with van der Waals surface area (Å²) in [5, 5.41) is 3.02. The Balaban J connectivity index is 1.88. The van der Waals surface area contributed by atoms with E-state index in [1.165, 1.54) is 0 Å². The van der Waals surface area contributed by atoms with Crippen LogP contribution in [0.15, 0.2) is 29.6 Å². The normalized spacial score (nSPS) is 10.3. The number of hydrogen-bond donors (Lipinski definition) is 0. The summed E-state index contributed by atoms with van der Waals surface area (Å²) in [6.45, 7) is 0.579. The van der Waals surface area contributed by atoms with Crippen molar-refractivity contribution >= 4 is 22.9 Å². The summed E-state index contributed by atoms with van der Waals surface area (Å²) in [7, 11) is 1.63. The predicted octanol–water partition coefficient (Wildman–Crippen LogP) is 3.51. The zero-order chi connectivity index (χ0) is 12.8. The number of ether oxygens (including phenoxy) is 2. The lowest BCUT2D eigenvalue weighted by Crippen LogP contribution is -2.02. The molecule has 0 bridgehead atoms. The molecule has 0 aliphatic carbocycles. The van der Waals surface area contributed by atoms with Gasteiger partial charge in [0.15, 0.2) is 11.5 Å². The highest BCUT2D eigenvalue weighted by Crippen LogP contribution is 2.25. The van der Waals surface area contributed by atoms with Gasteiger partial charge in [0.1, 0.15) is 0 Å². The molecule has 0 fully saturated rings. The van der Waals surface area contributed by atoms with Crippen molar-refractivity contribution in [2.45, 2.75) is 12.3 Å². The SMILES string of the molecule is COc1ccccc1OCCc1nc(CCl)cs1. The molecule has 0 amide bonds. The molecule has 2 rings (SSSR count). The molecule has 0 saturated carbocycles. The zero-order valence-electron chi connectivity index (χ0n) is 10.1. The molecule has 3 nitrogen and oxygen atoms in total. The van der Waals surface area contributed by atoms with Crippen LogP contribution in [0.5, 0.6) is 11.5 Å². The van der Waals surface area contributed by atoms with E-state index in [0.717, 1.165) is 28.6 Å². The Morgan fingerprint density at radius 1 is 1.28 bits per heavy atom. The maximum Gasteiger partial charge on any atom is 0.161 e. The van der Waals surface area contributed by atoms with E-state index >= 15 is 0 Å². The molecule has 96 valence electrons. The van der Waals surface area contributed by atoms with Gasteiger partial charge in [0.05, 0.1) is 30.3 Å². The number of para-hydroxylation sites is 2. The van der Waals surface area contributed by atoms with Gasteiger partial charge in [-0.1, -0.05) is 12.1 Å². The highest BCUT2D eigenvalue weighted by atomic mass is 35.5. The summed E-state index contributed by atoms with van der Waals surface area (Å²) in [5.41, 5.74) is 0.925. The molecule has 2 aromatic rings. The molecule has 0 radical (unpaired) electrons. The minimum Gasteiger partial charge on any atom is -0.493 e. The molecule has 0 unspecified atom stereocenters. The number of benzene rings is 1. The summed E-state index contributed by atoms with van der Waals surface area (Å²) in [4.78, 5) is 4.38. The highest BCUT2D eigenvalue weighted by Gasteiger charge is 2.04. The fourth-order valence-corrected chi connectivity index (χ4v) is 2.52. The lowest BCUT2D eigenvalue weighted by atomic mass is 10.3. The lowest BCUT2D eigenvalue weighted by Gasteiger charge is -2.09. The lowest BCUT2D eigenvalue weighted by molar-refractivity contribution is 0.297. The monoisotopic (exact) mass is 283 g/mol. The third-order valence-corrected chi connectivity index (χ3v) is 3.61. The number of nitrogens with zero attached hydrogens (tertiary/aromatic N) is 1. The molecule has 1 heterocycles. The van der Waals surface area contributed by atoms with Crippen LogP contribution in [0.2, 0.25) is 0 Å². The van der Waals surface area contributed by atoms with Crippen molar-refractivity contribution in [1.29, 1.82) is 0 Å². The van der Waals surface area contributed by atoms with E-state index < -0.39 is 0 Å². The predicted molar refractivity (Wildman–Crippen MR) is 73.9 cm³/mol. The average Bonchev–Trinajstić information content (AvgIpc) is 2.87. The number of alkyl halides is 1. The third-order valence-electron chi connectivity index (χ3n) is 2.38. The number of aromatic nitrogens is 1. The van der Waals surface area contributed by atoms with Crippen molar-refractivity contribution in [3.05, 3.63) is 40.3 Å². The molecular weight excluding hydrogens is 270 g/mol. The van der Waals surface area contributed by atoms with Crippen LogP contribution in [0, 0.1) is 0 Å². The first-order valence-electron chi connectivity index (χ1n) is 5.58. The maximum atomic E-state index is 5.71. The molecule has 0 N–H and O–H groups in total. The van der Waals surface area contributed by atoms with Crippen molar-refractivity contribution in [2.24, 2.45) is 0 Å². The third kappa shape index (κ3) is 3.37. The summed E-state index contributed by atoms with van der Waals surface area (Å²) in [5.74, 6) is 1.97. The molecule has 5 heteroatoms. The molecule has 18 heavy (non-hydrogen) atoms. The van der Waals surface area contributed by atoms with Crippen molar-refractivity contribution in [3.63, 3.8) is 0 Å². The molecule has 0 saturated heterocycles. The number of hydrogen-bond acceptors (Lipinski definition) is 4. The van der Waals surface area contributed by atoms with Gasteiger partial charge in [-0.05, 0) is 12.1 Å². The summed E-state index contributed by atoms with van der Waals surface area (Å²) < 4.78 is 10.9. The van der Waals surface area contributed by atoms with Crippen molar-refractivity contribution in [1.82, 2.24) is 4.98 Å². The van der Waals surface area contributed by atoms with E-state index in [4.69, 9.17) is 21.1 Å². The summed E-state index contributed by atoms with van der Waals surface area (Å²) in [6, 6.07) is 7.61. The van der Waals surface area contributed by atoms with Crippen molar-refractivity contribution < 1.29 is 9.47 Å². The van der Waals surface area contributed by atoms with Crippen LogP contribution in [0.4, 0.5) is 0 Å². The van der Waals surface area contributed by atoms with E-state index in [0.29, 0.717) is 12.5 Å². The molecule has 0 atom stereocenters. The molecule has 0 aliphatic heterocycles. The minimum absolute atomic E-state index is 0.462. The standard InChI is InChI=1S/C13H14ClNO2S/c1-16-11-4-2-3-5-12(11)17-7-6-13-15-10(8-14)9-18-13/h2-5,9H,6-8H2,1H3. The Labute approximate surface area is 115 Å². The largest absolute Gasteiger partial charge is 0.493 e. The van der Waals surface area contributed by atoms with E-state index in [1.54, 1.807) is 18.4 Å². The second-order valence-electron chi connectivity index (χ2n) is 3.62. The van der Waals surface area contributed by atoms with Gasteiger partial charge in [-0.2, -0.15) is 0 Å². The Morgan fingerprint density at radius 3 is 2.72 bits per heavy atom. The van der Waals surface area contributed by atoms with Gasteiger partial charge in [-0.15, -0.1) is 22.9 Å². The van der Waals surface area contributed by atoms with Crippen LogP contribution in [-0.4, -0.2) is 18.7 Å². The average molecular weight is 284 g/mol. The molecule has 1 aromatic heterocycles. The number of thiazole rings is 1. The minimum atomic E-state index is 0.462. The van der Waals surface area contributed by atoms with Crippen LogP contribution >= 0.6 is 22.9 Å². The summed E-state index contributed by atoms with van der Waals surface area (Å²) in [6.07, 6.45) is 0.777. The van der Waals surface area contributed by atoms with Gasteiger partial charge in [0.2, 0.25) is 0 Å². The second-order valence-corrected chi connectivity index (χ2v) is 4.83. The summed E-state index contributed by atoms with van der Waals surface area (Å²) >= 11 is 7.32. The van der Waals surface area contributed by atoms with E-state index in [9.17, 15) is 0 Å². The Bertz CT molecular complexity index is 501. The fraction of sp³-hybridized carbons (Fsp3) is 0.308. The smallest absolute Gasteiger partial charge is 0.161 e. The Kier molecular flexibility index (Phi) is 4.84. The number of halogens is 1. The maximum absolute atomic E-state index is 5.71. The van der Waals surface area contributed by atoms with Crippen LogP contribution < -0.4 is 9.47 Å². The zero-order valence-corrected chi connectivity index (χ0v) is 11.6. The number of rotatable bonds is 6. The Morgan fingerprint density at radius 2 is 2.06 bits per heavy atom. The second kappa shape index (κ2) is 6.61. The van der Waals surface area contributed by atoms with Crippen LogP contribution in [0.3, 0.4) is 0 Å². The number of methoxy groups -OCH3 is 1. The van der Waals surface area contributed by atoms with Gasteiger partial charge in [0, 0.05) is 11.8 Å². The quantitative estimate of drug-likeness (QED) is 0.760.